The highest BCUT2D eigenvalue weighted by Crippen LogP contribution is 2.28. The van der Waals surface area contributed by atoms with Gasteiger partial charge in [-0.25, -0.2) is 0 Å². The van der Waals surface area contributed by atoms with Gasteiger partial charge in [-0.2, -0.15) is 5.10 Å². The first-order chi connectivity index (χ1) is 8.75. The normalized spacial score (nSPS) is 21.0. The van der Waals surface area contributed by atoms with Crippen LogP contribution in [-0.4, -0.2) is 53.2 Å². The molecule has 0 unspecified atom stereocenters. The third kappa shape index (κ3) is 2.15. The number of hydrogen-bond acceptors (Lipinski definition) is 5. The molecule has 18 heavy (non-hydrogen) atoms. The van der Waals surface area contributed by atoms with Crippen LogP contribution in [0.5, 0.6) is 0 Å². The molecule has 2 fully saturated rings. The number of hydrogen-bond donors (Lipinski definition) is 2. The third-order valence-electron chi connectivity index (χ3n) is 3.67. The molecule has 1 aromatic heterocycles. The molecule has 1 aromatic rings. The van der Waals surface area contributed by atoms with Crippen molar-refractivity contribution in [3.8, 4) is 0 Å². The van der Waals surface area contributed by atoms with Crippen LogP contribution >= 0.6 is 0 Å². The van der Waals surface area contributed by atoms with Crippen LogP contribution in [0.1, 0.15) is 18.4 Å². The van der Waals surface area contributed by atoms with Crippen molar-refractivity contribution in [3.05, 3.63) is 17.8 Å². The Balaban J connectivity index is 1.73. The number of nitrogens with one attached hydrogen (secondary N) is 1. The summed E-state index contributed by atoms with van der Waals surface area (Å²) in [6.07, 6.45) is 4.29. The van der Waals surface area contributed by atoms with Gasteiger partial charge < -0.3 is 10.6 Å². The monoisotopic (exact) mass is 246 g/mol. The van der Waals surface area contributed by atoms with Gasteiger partial charge in [-0.15, -0.1) is 5.10 Å². The Kier molecular flexibility index (Phi) is 2.87. The summed E-state index contributed by atoms with van der Waals surface area (Å²) in [4.78, 5) is 4.73. The molecule has 3 N–H and O–H groups in total. The Bertz CT molecular complexity index is 448. The van der Waals surface area contributed by atoms with Gasteiger partial charge in [-0.1, -0.05) is 0 Å². The number of aromatic nitrogens is 2. The van der Waals surface area contributed by atoms with E-state index in [4.69, 9.17) is 11.1 Å². The molecule has 0 aromatic carbocycles. The lowest BCUT2D eigenvalue weighted by Crippen LogP contribution is -2.48. The van der Waals surface area contributed by atoms with Crippen LogP contribution in [0.25, 0.3) is 0 Å². The van der Waals surface area contributed by atoms with E-state index in [9.17, 15) is 0 Å². The Morgan fingerprint density at radius 3 is 2.61 bits per heavy atom. The van der Waals surface area contributed by atoms with Crippen LogP contribution in [0.15, 0.2) is 12.3 Å². The summed E-state index contributed by atoms with van der Waals surface area (Å²) in [5, 5.41) is 15.6. The van der Waals surface area contributed by atoms with Crippen LogP contribution in [-0.2, 0) is 0 Å². The second kappa shape index (κ2) is 4.53. The fourth-order valence-electron chi connectivity index (χ4n) is 2.51. The van der Waals surface area contributed by atoms with Crippen LogP contribution in [0.3, 0.4) is 0 Å². The van der Waals surface area contributed by atoms with Crippen LogP contribution in [0.4, 0.5) is 5.82 Å². The molecule has 3 rings (SSSR count). The smallest absolute Gasteiger partial charge is 0.162 e. The van der Waals surface area contributed by atoms with Gasteiger partial charge in [0.1, 0.15) is 5.84 Å². The predicted octanol–water partition coefficient (Wildman–Crippen LogP) is 0.0451. The largest absolute Gasteiger partial charge is 0.384 e. The van der Waals surface area contributed by atoms with E-state index in [0.29, 0.717) is 5.56 Å². The lowest BCUT2D eigenvalue weighted by molar-refractivity contribution is 0.247. The molecule has 2 heterocycles. The van der Waals surface area contributed by atoms with Crippen molar-refractivity contribution < 1.29 is 0 Å². The fraction of sp³-hybridized carbons (Fsp3) is 0.583. The summed E-state index contributed by atoms with van der Waals surface area (Å²) in [6, 6.07) is 2.58. The quantitative estimate of drug-likeness (QED) is 0.581. The van der Waals surface area contributed by atoms with Crippen LogP contribution in [0, 0.1) is 5.41 Å². The Morgan fingerprint density at radius 1 is 1.28 bits per heavy atom. The number of anilines is 1. The summed E-state index contributed by atoms with van der Waals surface area (Å²) < 4.78 is 0. The minimum absolute atomic E-state index is 0.0597. The summed E-state index contributed by atoms with van der Waals surface area (Å²) in [7, 11) is 0. The molecule has 0 radical (unpaired) electrons. The summed E-state index contributed by atoms with van der Waals surface area (Å²) in [6.45, 7) is 4.02. The van der Waals surface area contributed by atoms with Gasteiger partial charge in [0.15, 0.2) is 5.82 Å². The molecule has 0 spiro atoms. The highest BCUT2D eigenvalue weighted by Gasteiger charge is 2.31. The predicted molar refractivity (Wildman–Crippen MR) is 69.9 cm³/mol. The van der Waals surface area contributed by atoms with Crippen molar-refractivity contribution in [2.24, 2.45) is 5.73 Å². The second-order valence-electron chi connectivity index (χ2n) is 4.94. The van der Waals surface area contributed by atoms with Gasteiger partial charge in [0.2, 0.25) is 0 Å². The van der Waals surface area contributed by atoms with E-state index in [1.54, 1.807) is 12.3 Å². The molecule has 96 valence electrons. The average molecular weight is 246 g/mol. The maximum atomic E-state index is 7.59. The Labute approximate surface area is 106 Å². The van der Waals surface area contributed by atoms with Crippen molar-refractivity contribution in [2.45, 2.75) is 18.9 Å². The number of amidine groups is 1. The van der Waals surface area contributed by atoms with Gasteiger partial charge >= 0.3 is 0 Å². The third-order valence-corrected chi connectivity index (χ3v) is 3.67. The Hall–Kier alpha value is -1.69. The van der Waals surface area contributed by atoms with E-state index >= 15 is 0 Å². The zero-order valence-corrected chi connectivity index (χ0v) is 10.3. The number of piperazine rings is 1. The van der Waals surface area contributed by atoms with Crippen molar-refractivity contribution in [1.82, 2.24) is 15.1 Å². The molecule has 6 heteroatoms. The van der Waals surface area contributed by atoms with Crippen molar-refractivity contribution >= 4 is 11.7 Å². The van der Waals surface area contributed by atoms with Crippen molar-refractivity contribution in [3.63, 3.8) is 0 Å². The minimum atomic E-state index is 0.0597. The summed E-state index contributed by atoms with van der Waals surface area (Å²) >= 11 is 0. The minimum Gasteiger partial charge on any atom is -0.384 e. The molecule has 6 nitrogen and oxygen atoms in total. The van der Waals surface area contributed by atoms with Gasteiger partial charge in [0.25, 0.3) is 0 Å². The lowest BCUT2D eigenvalue weighted by atomic mass is 10.2. The van der Waals surface area contributed by atoms with E-state index < -0.39 is 0 Å². The van der Waals surface area contributed by atoms with Gasteiger partial charge in [-0.3, -0.25) is 10.3 Å². The SMILES string of the molecule is N=C(N)c1ccnnc1N1CCN(C2CC2)CC1. The zero-order chi connectivity index (χ0) is 12.5. The molecule has 2 aliphatic rings. The average Bonchev–Trinajstić information content (AvgIpc) is 3.23. The molecule has 0 amide bonds. The number of nitrogens with zero attached hydrogens (tertiary/aromatic N) is 4. The summed E-state index contributed by atoms with van der Waals surface area (Å²) in [5.41, 5.74) is 6.27. The first-order valence-electron chi connectivity index (χ1n) is 6.41. The van der Waals surface area contributed by atoms with Crippen LogP contribution < -0.4 is 10.6 Å². The second-order valence-corrected chi connectivity index (χ2v) is 4.94. The number of nitrogens with two attached hydrogens (primary N) is 1. The van der Waals surface area contributed by atoms with E-state index in [2.05, 4.69) is 20.0 Å². The number of rotatable bonds is 3. The number of nitrogen functional groups attached to an aromatic ring is 1. The molecule has 1 saturated carbocycles. The highest BCUT2D eigenvalue weighted by atomic mass is 15.3. The molecular weight excluding hydrogens is 228 g/mol. The van der Waals surface area contributed by atoms with E-state index in [0.717, 1.165) is 38.0 Å². The van der Waals surface area contributed by atoms with Crippen LogP contribution in [0.2, 0.25) is 0 Å². The van der Waals surface area contributed by atoms with Crippen molar-refractivity contribution in [2.75, 3.05) is 31.1 Å². The maximum absolute atomic E-state index is 7.59. The Morgan fingerprint density at radius 2 is 2.00 bits per heavy atom. The first-order valence-corrected chi connectivity index (χ1v) is 6.41. The van der Waals surface area contributed by atoms with Gasteiger partial charge in [-0.05, 0) is 18.9 Å². The molecular formula is C12H18N6. The van der Waals surface area contributed by atoms with Gasteiger partial charge in [0.05, 0.1) is 11.8 Å². The molecule has 0 atom stereocenters. The molecule has 1 aliphatic heterocycles. The summed E-state index contributed by atoms with van der Waals surface area (Å²) in [5.74, 6) is 0.810. The first kappa shape index (κ1) is 11.4. The van der Waals surface area contributed by atoms with E-state index in [-0.39, 0.29) is 5.84 Å². The van der Waals surface area contributed by atoms with Gasteiger partial charge in [0, 0.05) is 32.2 Å². The zero-order valence-electron chi connectivity index (χ0n) is 10.3. The fourth-order valence-corrected chi connectivity index (χ4v) is 2.51. The standard InChI is InChI=1S/C12H18N6/c13-11(14)10-3-4-15-16-12(10)18-7-5-17(6-8-18)9-1-2-9/h3-4,9H,1-2,5-8H2,(H3,13,14). The molecule has 1 saturated heterocycles. The lowest BCUT2D eigenvalue weighted by Gasteiger charge is -2.35. The highest BCUT2D eigenvalue weighted by molar-refractivity contribution is 5.99. The van der Waals surface area contributed by atoms with Crippen molar-refractivity contribution in [1.29, 1.82) is 5.41 Å². The molecule has 1 aliphatic carbocycles. The van der Waals surface area contributed by atoms with E-state index in [1.165, 1.54) is 12.8 Å². The maximum Gasteiger partial charge on any atom is 0.162 e. The topological polar surface area (TPSA) is 82.1 Å². The van der Waals surface area contributed by atoms with E-state index in [1.807, 2.05) is 0 Å². The molecule has 0 bridgehead atoms.